The van der Waals surface area contributed by atoms with Crippen LogP contribution in [0.5, 0.6) is 0 Å². The van der Waals surface area contributed by atoms with Gasteiger partial charge in [-0.1, -0.05) is 0 Å². The molecule has 1 heterocycles. The van der Waals surface area contributed by atoms with Crippen LogP contribution in [-0.2, 0) is 9.53 Å². The Bertz CT molecular complexity index is 343. The fourth-order valence-electron chi connectivity index (χ4n) is 1.84. The molecule has 1 aliphatic rings. The molecule has 4 heteroatoms. The van der Waals surface area contributed by atoms with Gasteiger partial charge in [-0.05, 0) is 37.8 Å². The molecule has 1 aliphatic carbocycles. The van der Waals surface area contributed by atoms with E-state index in [1.165, 1.54) is 7.11 Å². The molecule has 1 fully saturated rings. The number of nitrogens with one attached hydrogen (secondary N) is 1. The highest BCUT2D eigenvalue weighted by atomic mass is 16.5. The van der Waals surface area contributed by atoms with Crippen molar-refractivity contribution in [2.45, 2.75) is 31.8 Å². The van der Waals surface area contributed by atoms with Crippen LogP contribution in [0.25, 0.3) is 0 Å². The maximum Gasteiger partial charge on any atom is 0.323 e. The number of hydrogen-bond donors (Lipinski definition) is 1. The van der Waals surface area contributed by atoms with E-state index in [0.29, 0.717) is 5.92 Å². The van der Waals surface area contributed by atoms with Crippen molar-refractivity contribution in [2.24, 2.45) is 5.92 Å². The van der Waals surface area contributed by atoms with Crippen molar-refractivity contribution in [3.8, 4) is 0 Å². The Balaban J connectivity index is 1.97. The molecule has 0 aliphatic heterocycles. The van der Waals surface area contributed by atoms with Crippen LogP contribution in [0.2, 0.25) is 0 Å². The summed E-state index contributed by atoms with van der Waals surface area (Å²) in [6.07, 6.45) is 3.83. The van der Waals surface area contributed by atoms with Gasteiger partial charge in [0.25, 0.3) is 0 Å². The van der Waals surface area contributed by atoms with Gasteiger partial charge in [-0.25, -0.2) is 0 Å². The number of esters is 1. The lowest BCUT2D eigenvalue weighted by atomic mass is 10.1. The van der Waals surface area contributed by atoms with Crippen molar-refractivity contribution in [1.29, 1.82) is 0 Å². The Kier molecular flexibility index (Phi) is 3.29. The molecule has 0 saturated heterocycles. The summed E-state index contributed by atoms with van der Waals surface area (Å²) in [7, 11) is 1.43. The molecule has 1 unspecified atom stereocenters. The van der Waals surface area contributed by atoms with Crippen LogP contribution < -0.4 is 5.32 Å². The SMILES string of the molecule is COC(=O)C(N[C@@H](C)c1ccco1)C1CC1. The summed E-state index contributed by atoms with van der Waals surface area (Å²) >= 11 is 0. The van der Waals surface area contributed by atoms with Crippen LogP contribution in [0, 0.1) is 5.92 Å². The average Bonchev–Trinajstić information content (AvgIpc) is 2.98. The maximum absolute atomic E-state index is 11.6. The van der Waals surface area contributed by atoms with E-state index in [2.05, 4.69) is 5.32 Å². The number of furan rings is 1. The van der Waals surface area contributed by atoms with Crippen molar-refractivity contribution in [3.63, 3.8) is 0 Å². The predicted molar refractivity (Wildman–Crippen MR) is 58.8 cm³/mol. The number of carbonyl (C=O) groups is 1. The monoisotopic (exact) mass is 223 g/mol. The zero-order chi connectivity index (χ0) is 11.5. The normalized spacial score (nSPS) is 19.1. The first-order chi connectivity index (χ1) is 7.72. The van der Waals surface area contributed by atoms with E-state index < -0.39 is 0 Å². The van der Waals surface area contributed by atoms with Crippen molar-refractivity contribution < 1.29 is 13.9 Å². The lowest BCUT2D eigenvalue weighted by Gasteiger charge is -2.19. The number of rotatable bonds is 5. The summed E-state index contributed by atoms with van der Waals surface area (Å²) in [6.45, 7) is 1.98. The van der Waals surface area contributed by atoms with Gasteiger partial charge in [-0.3, -0.25) is 10.1 Å². The molecule has 16 heavy (non-hydrogen) atoms. The number of hydrogen-bond acceptors (Lipinski definition) is 4. The molecule has 88 valence electrons. The first kappa shape index (κ1) is 11.2. The lowest BCUT2D eigenvalue weighted by molar-refractivity contribution is -0.144. The molecular formula is C12H17NO3. The minimum atomic E-state index is -0.204. The van der Waals surface area contributed by atoms with Crippen LogP contribution >= 0.6 is 0 Å². The van der Waals surface area contributed by atoms with Crippen LogP contribution in [0.15, 0.2) is 22.8 Å². The number of ether oxygens (including phenoxy) is 1. The summed E-state index contributed by atoms with van der Waals surface area (Å²) in [5, 5.41) is 3.26. The lowest BCUT2D eigenvalue weighted by Crippen LogP contribution is -2.40. The number of carbonyl (C=O) groups excluding carboxylic acids is 1. The average molecular weight is 223 g/mol. The van der Waals surface area contributed by atoms with Gasteiger partial charge in [0.2, 0.25) is 0 Å². The van der Waals surface area contributed by atoms with Crippen molar-refractivity contribution in [1.82, 2.24) is 5.32 Å². The van der Waals surface area contributed by atoms with Gasteiger partial charge in [0.15, 0.2) is 0 Å². The fraction of sp³-hybridized carbons (Fsp3) is 0.583. The molecule has 0 bridgehead atoms. The quantitative estimate of drug-likeness (QED) is 0.774. The molecule has 1 N–H and O–H groups in total. The standard InChI is InChI=1S/C12H17NO3/c1-8(10-4-3-7-16-10)13-11(9-5-6-9)12(14)15-2/h3-4,7-9,11,13H,5-6H2,1-2H3/t8-,11?/m0/s1. The molecule has 1 aromatic rings. The smallest absolute Gasteiger partial charge is 0.323 e. The van der Waals surface area contributed by atoms with Crippen LogP contribution in [-0.4, -0.2) is 19.1 Å². The molecule has 0 aromatic carbocycles. The van der Waals surface area contributed by atoms with Crippen LogP contribution in [0.3, 0.4) is 0 Å². The Labute approximate surface area is 95.0 Å². The summed E-state index contributed by atoms with van der Waals surface area (Å²) in [6, 6.07) is 3.57. The highest BCUT2D eigenvalue weighted by Crippen LogP contribution is 2.34. The van der Waals surface area contributed by atoms with Crippen molar-refractivity contribution >= 4 is 5.97 Å². The third kappa shape index (κ3) is 2.44. The third-order valence-corrected chi connectivity index (χ3v) is 2.95. The second-order valence-corrected chi connectivity index (χ2v) is 4.24. The van der Waals surface area contributed by atoms with Gasteiger partial charge in [0, 0.05) is 0 Å². The summed E-state index contributed by atoms with van der Waals surface area (Å²) in [5.74, 6) is 1.08. The maximum atomic E-state index is 11.6. The van der Waals surface area contributed by atoms with Crippen molar-refractivity contribution in [2.75, 3.05) is 7.11 Å². The van der Waals surface area contributed by atoms with E-state index in [1.54, 1.807) is 6.26 Å². The van der Waals surface area contributed by atoms with Gasteiger partial charge in [0.05, 0.1) is 19.4 Å². The molecule has 0 spiro atoms. The van der Waals surface area contributed by atoms with E-state index >= 15 is 0 Å². The topological polar surface area (TPSA) is 51.5 Å². The minimum absolute atomic E-state index is 0.0275. The summed E-state index contributed by atoms with van der Waals surface area (Å²) in [4.78, 5) is 11.6. The Morgan fingerprint density at radius 2 is 2.38 bits per heavy atom. The van der Waals surface area contributed by atoms with Gasteiger partial charge in [-0.2, -0.15) is 0 Å². The Hall–Kier alpha value is -1.29. The highest BCUT2D eigenvalue weighted by Gasteiger charge is 2.37. The van der Waals surface area contributed by atoms with Crippen LogP contribution in [0.4, 0.5) is 0 Å². The van der Waals surface area contributed by atoms with Crippen molar-refractivity contribution in [3.05, 3.63) is 24.2 Å². The van der Waals surface area contributed by atoms with Gasteiger partial charge in [0.1, 0.15) is 11.8 Å². The van der Waals surface area contributed by atoms with Gasteiger partial charge < -0.3 is 9.15 Å². The molecule has 4 nitrogen and oxygen atoms in total. The van der Waals surface area contributed by atoms with Gasteiger partial charge >= 0.3 is 5.97 Å². The number of methoxy groups -OCH3 is 1. The zero-order valence-electron chi connectivity index (χ0n) is 9.60. The Morgan fingerprint density at radius 1 is 1.62 bits per heavy atom. The second kappa shape index (κ2) is 4.70. The fourth-order valence-corrected chi connectivity index (χ4v) is 1.84. The predicted octanol–water partition coefficient (Wildman–Crippen LogP) is 1.88. The molecule has 1 saturated carbocycles. The minimum Gasteiger partial charge on any atom is -0.468 e. The van der Waals surface area contributed by atoms with E-state index in [9.17, 15) is 4.79 Å². The molecule has 2 rings (SSSR count). The zero-order valence-corrected chi connectivity index (χ0v) is 9.60. The summed E-state index contributed by atoms with van der Waals surface area (Å²) < 4.78 is 10.1. The van der Waals surface area contributed by atoms with E-state index in [1.807, 2.05) is 19.1 Å². The van der Waals surface area contributed by atoms with E-state index in [4.69, 9.17) is 9.15 Å². The largest absolute Gasteiger partial charge is 0.468 e. The first-order valence-corrected chi connectivity index (χ1v) is 5.59. The summed E-state index contributed by atoms with van der Waals surface area (Å²) in [5.41, 5.74) is 0. The molecular weight excluding hydrogens is 206 g/mol. The molecule has 2 atom stereocenters. The Morgan fingerprint density at radius 3 is 2.88 bits per heavy atom. The highest BCUT2D eigenvalue weighted by molar-refractivity contribution is 5.76. The van der Waals surface area contributed by atoms with Gasteiger partial charge in [-0.15, -0.1) is 0 Å². The first-order valence-electron chi connectivity index (χ1n) is 5.59. The molecule has 0 amide bonds. The second-order valence-electron chi connectivity index (χ2n) is 4.24. The molecule has 1 aromatic heterocycles. The van der Waals surface area contributed by atoms with E-state index in [0.717, 1.165) is 18.6 Å². The van der Waals surface area contributed by atoms with Crippen LogP contribution in [0.1, 0.15) is 31.6 Å². The molecule has 0 radical (unpaired) electrons. The third-order valence-electron chi connectivity index (χ3n) is 2.95. The van der Waals surface area contributed by atoms with E-state index in [-0.39, 0.29) is 18.1 Å².